The second kappa shape index (κ2) is 8.48. The summed E-state index contributed by atoms with van der Waals surface area (Å²) < 4.78 is 11.2. The molecular weight excluding hydrogens is 252 g/mol. The molecule has 0 bridgehead atoms. The average molecular weight is 272 g/mol. The van der Waals surface area contributed by atoms with E-state index in [0.29, 0.717) is 19.8 Å². The lowest BCUT2D eigenvalue weighted by atomic mass is 10.0. The van der Waals surface area contributed by atoms with Crippen molar-refractivity contribution in [3.05, 3.63) is 71.8 Å². The van der Waals surface area contributed by atoms with Crippen LogP contribution >= 0.6 is 0 Å². The number of aliphatic hydroxyl groups excluding tert-OH is 1. The molecule has 2 rings (SSSR count). The van der Waals surface area contributed by atoms with E-state index in [9.17, 15) is 0 Å². The highest BCUT2D eigenvalue weighted by atomic mass is 16.5. The van der Waals surface area contributed by atoms with Gasteiger partial charge in [-0.15, -0.1) is 0 Å². The largest absolute Gasteiger partial charge is 0.394 e. The van der Waals surface area contributed by atoms with Crippen molar-refractivity contribution in [3.8, 4) is 0 Å². The van der Waals surface area contributed by atoms with Gasteiger partial charge in [-0.3, -0.25) is 0 Å². The molecule has 3 nitrogen and oxygen atoms in total. The molecule has 0 amide bonds. The van der Waals surface area contributed by atoms with Crippen molar-refractivity contribution >= 4 is 0 Å². The van der Waals surface area contributed by atoms with Crippen LogP contribution in [-0.4, -0.2) is 31.5 Å². The first-order valence-corrected chi connectivity index (χ1v) is 6.82. The first-order chi connectivity index (χ1) is 9.92. The Morgan fingerprint density at radius 2 is 1.30 bits per heavy atom. The summed E-state index contributed by atoms with van der Waals surface area (Å²) in [6.07, 6.45) is -0.0878. The van der Waals surface area contributed by atoms with E-state index >= 15 is 0 Å². The van der Waals surface area contributed by atoms with Crippen molar-refractivity contribution in [3.63, 3.8) is 0 Å². The van der Waals surface area contributed by atoms with Gasteiger partial charge in [-0.05, 0) is 11.1 Å². The topological polar surface area (TPSA) is 38.7 Å². The van der Waals surface area contributed by atoms with Gasteiger partial charge in [0.2, 0.25) is 0 Å². The van der Waals surface area contributed by atoms with Crippen LogP contribution in [0.1, 0.15) is 17.2 Å². The van der Waals surface area contributed by atoms with Crippen molar-refractivity contribution in [1.29, 1.82) is 0 Å². The van der Waals surface area contributed by atoms with Gasteiger partial charge in [-0.1, -0.05) is 60.7 Å². The van der Waals surface area contributed by atoms with Crippen LogP contribution in [0.4, 0.5) is 0 Å². The molecular formula is C17H20O3. The predicted molar refractivity (Wildman–Crippen MR) is 78.6 cm³/mol. The van der Waals surface area contributed by atoms with Gasteiger partial charge in [0.15, 0.2) is 0 Å². The summed E-state index contributed by atoms with van der Waals surface area (Å²) in [5.74, 6) is 0. The lowest BCUT2D eigenvalue weighted by Gasteiger charge is -2.19. The summed E-state index contributed by atoms with van der Waals surface area (Å²) in [5.41, 5.74) is 2.25. The molecule has 20 heavy (non-hydrogen) atoms. The Labute approximate surface area is 119 Å². The van der Waals surface area contributed by atoms with E-state index in [0.717, 1.165) is 11.1 Å². The average Bonchev–Trinajstić information content (AvgIpc) is 2.53. The zero-order chi connectivity index (χ0) is 14.0. The Bertz CT molecular complexity index is 431. The number of benzene rings is 2. The monoisotopic (exact) mass is 272 g/mol. The highest BCUT2D eigenvalue weighted by Gasteiger charge is 2.13. The lowest BCUT2D eigenvalue weighted by molar-refractivity contribution is 0.0105. The molecule has 0 aromatic heterocycles. The van der Waals surface area contributed by atoms with Gasteiger partial charge < -0.3 is 14.6 Å². The first-order valence-electron chi connectivity index (χ1n) is 6.82. The molecule has 0 heterocycles. The van der Waals surface area contributed by atoms with Gasteiger partial charge in [0, 0.05) is 0 Å². The van der Waals surface area contributed by atoms with Crippen LogP contribution in [0.25, 0.3) is 0 Å². The molecule has 0 unspecified atom stereocenters. The maximum atomic E-state index is 8.66. The van der Waals surface area contributed by atoms with Gasteiger partial charge in [-0.2, -0.15) is 0 Å². The highest BCUT2D eigenvalue weighted by molar-refractivity contribution is 5.29. The number of aliphatic hydroxyl groups is 1. The van der Waals surface area contributed by atoms with Crippen molar-refractivity contribution in [2.24, 2.45) is 0 Å². The number of hydrogen-bond acceptors (Lipinski definition) is 3. The highest BCUT2D eigenvalue weighted by Crippen LogP contribution is 2.25. The summed E-state index contributed by atoms with van der Waals surface area (Å²) in [6.45, 7) is 1.37. The van der Waals surface area contributed by atoms with Crippen LogP contribution in [0.15, 0.2) is 60.7 Å². The van der Waals surface area contributed by atoms with Gasteiger partial charge in [0.05, 0.1) is 26.4 Å². The smallest absolute Gasteiger partial charge is 0.108 e. The molecule has 0 saturated carbocycles. The molecule has 0 aliphatic carbocycles. The zero-order valence-corrected chi connectivity index (χ0v) is 11.4. The molecule has 0 aliphatic rings. The maximum absolute atomic E-state index is 8.66. The third-order valence-electron chi connectivity index (χ3n) is 2.95. The van der Waals surface area contributed by atoms with Crippen molar-refractivity contribution in [1.82, 2.24) is 0 Å². The van der Waals surface area contributed by atoms with Gasteiger partial charge >= 0.3 is 0 Å². The summed E-state index contributed by atoms with van der Waals surface area (Å²) in [4.78, 5) is 0. The van der Waals surface area contributed by atoms with Crippen molar-refractivity contribution < 1.29 is 14.6 Å². The Morgan fingerprint density at radius 3 is 1.80 bits per heavy atom. The lowest BCUT2D eigenvalue weighted by Crippen LogP contribution is -2.12. The van der Waals surface area contributed by atoms with E-state index in [1.165, 1.54) is 0 Å². The first kappa shape index (κ1) is 14.7. The van der Waals surface area contributed by atoms with Crippen molar-refractivity contribution in [2.45, 2.75) is 6.10 Å². The molecule has 2 aromatic rings. The third kappa shape index (κ3) is 4.46. The fourth-order valence-electron chi connectivity index (χ4n) is 2.03. The molecule has 1 N–H and O–H groups in total. The van der Waals surface area contributed by atoms with Crippen LogP contribution in [0, 0.1) is 0 Å². The number of rotatable bonds is 8. The summed E-state index contributed by atoms with van der Waals surface area (Å²) in [7, 11) is 0. The van der Waals surface area contributed by atoms with E-state index in [1.807, 2.05) is 36.4 Å². The van der Waals surface area contributed by atoms with Crippen LogP contribution in [0.3, 0.4) is 0 Å². The van der Waals surface area contributed by atoms with E-state index in [-0.39, 0.29) is 12.7 Å². The van der Waals surface area contributed by atoms with E-state index in [4.69, 9.17) is 14.6 Å². The van der Waals surface area contributed by atoms with Gasteiger partial charge in [0.25, 0.3) is 0 Å². The molecule has 0 fully saturated rings. The van der Waals surface area contributed by atoms with E-state index in [2.05, 4.69) is 24.3 Å². The van der Waals surface area contributed by atoms with Gasteiger partial charge in [-0.25, -0.2) is 0 Å². The predicted octanol–water partition coefficient (Wildman–Crippen LogP) is 2.80. The molecule has 3 heteroatoms. The second-order valence-corrected chi connectivity index (χ2v) is 4.41. The molecule has 0 atom stereocenters. The molecule has 0 aliphatic heterocycles. The van der Waals surface area contributed by atoms with Crippen LogP contribution < -0.4 is 0 Å². The fourth-order valence-corrected chi connectivity index (χ4v) is 2.03. The Morgan fingerprint density at radius 1 is 0.750 bits per heavy atom. The van der Waals surface area contributed by atoms with E-state index in [1.54, 1.807) is 0 Å². The standard InChI is InChI=1S/C17H20O3/c18-11-12-19-13-14-20-17(15-7-3-1-4-8-15)16-9-5-2-6-10-16/h1-10,17-18H,11-14H2. The van der Waals surface area contributed by atoms with Crippen molar-refractivity contribution in [2.75, 3.05) is 26.4 Å². The summed E-state index contributed by atoms with van der Waals surface area (Å²) in [6, 6.07) is 20.3. The zero-order valence-electron chi connectivity index (χ0n) is 11.4. The summed E-state index contributed by atoms with van der Waals surface area (Å²) >= 11 is 0. The molecule has 2 aromatic carbocycles. The molecule has 0 saturated heterocycles. The van der Waals surface area contributed by atoms with Crippen LogP contribution in [0.5, 0.6) is 0 Å². The molecule has 0 radical (unpaired) electrons. The van der Waals surface area contributed by atoms with Gasteiger partial charge in [0.1, 0.15) is 6.10 Å². The molecule has 106 valence electrons. The van der Waals surface area contributed by atoms with E-state index < -0.39 is 0 Å². The SMILES string of the molecule is OCCOCCOC(c1ccccc1)c1ccccc1. The minimum absolute atomic E-state index is 0.0425. The third-order valence-corrected chi connectivity index (χ3v) is 2.95. The second-order valence-electron chi connectivity index (χ2n) is 4.41. The number of hydrogen-bond donors (Lipinski definition) is 1. The fraction of sp³-hybridized carbons (Fsp3) is 0.294. The van der Waals surface area contributed by atoms with Crippen LogP contribution in [-0.2, 0) is 9.47 Å². The maximum Gasteiger partial charge on any atom is 0.108 e. The Balaban J connectivity index is 2.02. The normalized spacial score (nSPS) is 10.9. The Hall–Kier alpha value is -1.68. The van der Waals surface area contributed by atoms with Crippen LogP contribution in [0.2, 0.25) is 0 Å². The Kier molecular flexibility index (Phi) is 6.24. The molecule has 0 spiro atoms. The minimum Gasteiger partial charge on any atom is -0.394 e. The summed E-state index contributed by atoms with van der Waals surface area (Å²) in [5, 5.41) is 8.66. The quantitative estimate of drug-likeness (QED) is 0.751. The number of ether oxygens (including phenoxy) is 2. The minimum atomic E-state index is -0.0878.